The number of azide groups is 1. The molecule has 17 heavy (non-hydrogen) atoms. The van der Waals surface area contributed by atoms with E-state index in [1.807, 2.05) is 6.92 Å². The van der Waals surface area contributed by atoms with Crippen LogP contribution in [0.25, 0.3) is 10.4 Å². The molecule has 0 bridgehead atoms. The molecular weight excluding hydrogens is 220 g/mol. The van der Waals surface area contributed by atoms with Crippen LogP contribution in [0.2, 0.25) is 0 Å². The first-order valence-electron chi connectivity index (χ1n) is 5.30. The monoisotopic (exact) mass is 232 g/mol. The van der Waals surface area contributed by atoms with Crippen LogP contribution in [0.5, 0.6) is 0 Å². The number of rotatable bonds is 3. The number of hydrogen-bond acceptors (Lipinski definition) is 4. The first kappa shape index (κ1) is 11.3. The molecule has 1 aliphatic heterocycles. The van der Waals surface area contributed by atoms with Gasteiger partial charge in [-0.25, -0.2) is 9.97 Å². The van der Waals surface area contributed by atoms with Gasteiger partial charge >= 0.3 is 0 Å². The lowest BCUT2D eigenvalue weighted by Crippen LogP contribution is -2.26. The van der Waals surface area contributed by atoms with E-state index >= 15 is 0 Å². The van der Waals surface area contributed by atoms with Crippen LogP contribution in [0.3, 0.4) is 0 Å². The van der Waals surface area contributed by atoms with Crippen LogP contribution in [0.1, 0.15) is 12.1 Å². The Labute approximate surface area is 98.1 Å². The van der Waals surface area contributed by atoms with Crippen molar-refractivity contribution in [2.24, 2.45) is 11.0 Å². The quantitative estimate of drug-likeness (QED) is 0.448. The van der Waals surface area contributed by atoms with Crippen LogP contribution in [0.4, 0.5) is 5.69 Å². The number of carbonyl (C=O) groups excluding carboxylic acids is 1. The van der Waals surface area contributed by atoms with Crippen molar-refractivity contribution in [1.29, 1.82) is 0 Å². The third kappa shape index (κ3) is 2.34. The molecule has 0 saturated carbocycles. The average Bonchev–Trinajstić information content (AvgIpc) is 2.68. The molecule has 88 valence electrons. The van der Waals surface area contributed by atoms with Gasteiger partial charge in [-0.05, 0) is 18.4 Å². The van der Waals surface area contributed by atoms with Crippen LogP contribution < -0.4 is 4.90 Å². The molecule has 2 rings (SSSR count). The molecule has 0 spiro atoms. The van der Waals surface area contributed by atoms with Crippen molar-refractivity contribution in [2.45, 2.75) is 13.3 Å². The summed E-state index contributed by atoms with van der Waals surface area (Å²) in [5, 5.41) is 3.51. The minimum absolute atomic E-state index is 0.0287. The van der Waals surface area contributed by atoms with Crippen molar-refractivity contribution in [3.8, 4) is 0 Å². The zero-order chi connectivity index (χ0) is 12.3. The summed E-state index contributed by atoms with van der Waals surface area (Å²) in [6, 6.07) is 0. The van der Waals surface area contributed by atoms with Gasteiger partial charge in [0, 0.05) is 24.4 Å². The van der Waals surface area contributed by atoms with E-state index in [2.05, 4.69) is 20.0 Å². The van der Waals surface area contributed by atoms with E-state index in [4.69, 9.17) is 5.53 Å². The van der Waals surface area contributed by atoms with Gasteiger partial charge in [0.2, 0.25) is 5.91 Å². The highest BCUT2D eigenvalue weighted by Crippen LogP contribution is 2.26. The molecule has 0 aliphatic carbocycles. The molecule has 1 unspecified atom stereocenters. The topological polar surface area (TPSA) is 94.8 Å². The summed E-state index contributed by atoms with van der Waals surface area (Å²) in [7, 11) is 0. The number of carbonyl (C=O) groups is 1. The maximum Gasteiger partial charge on any atom is 0.227 e. The van der Waals surface area contributed by atoms with E-state index < -0.39 is 0 Å². The summed E-state index contributed by atoms with van der Waals surface area (Å²) in [6.07, 6.45) is 3.50. The van der Waals surface area contributed by atoms with Gasteiger partial charge in [0.25, 0.3) is 0 Å². The normalized spacial score (nSPS) is 19.2. The largest absolute Gasteiger partial charge is 0.309 e. The first-order valence-corrected chi connectivity index (χ1v) is 5.30. The lowest BCUT2D eigenvalue weighted by molar-refractivity contribution is -0.117. The van der Waals surface area contributed by atoms with Gasteiger partial charge < -0.3 is 4.90 Å². The van der Waals surface area contributed by atoms with E-state index in [0.29, 0.717) is 19.5 Å². The SMILES string of the molecule is Cc1ncncc1N1CC(CN=[N+]=[N-])CC1=O. The molecule has 1 atom stereocenters. The Kier molecular flexibility index (Phi) is 3.20. The number of nitrogens with zero attached hydrogens (tertiary/aromatic N) is 6. The Morgan fingerprint density at radius 3 is 3.24 bits per heavy atom. The summed E-state index contributed by atoms with van der Waals surface area (Å²) in [6.45, 7) is 2.75. The van der Waals surface area contributed by atoms with Crippen LogP contribution in [0.15, 0.2) is 17.6 Å². The van der Waals surface area contributed by atoms with Crippen LogP contribution >= 0.6 is 0 Å². The van der Waals surface area contributed by atoms with E-state index in [1.54, 1.807) is 11.1 Å². The summed E-state index contributed by atoms with van der Waals surface area (Å²) in [5.74, 6) is 0.110. The zero-order valence-electron chi connectivity index (χ0n) is 9.44. The maximum absolute atomic E-state index is 11.8. The molecule has 0 radical (unpaired) electrons. The highest BCUT2D eigenvalue weighted by atomic mass is 16.2. The predicted molar refractivity (Wildman–Crippen MR) is 61.2 cm³/mol. The molecule has 7 heteroatoms. The highest BCUT2D eigenvalue weighted by molar-refractivity contribution is 5.96. The molecule has 2 heterocycles. The predicted octanol–water partition coefficient (Wildman–Crippen LogP) is 1.45. The van der Waals surface area contributed by atoms with Crippen molar-refractivity contribution in [3.05, 3.63) is 28.7 Å². The van der Waals surface area contributed by atoms with Crippen molar-refractivity contribution in [1.82, 2.24) is 9.97 Å². The zero-order valence-corrected chi connectivity index (χ0v) is 9.44. The van der Waals surface area contributed by atoms with Crippen LogP contribution in [-0.4, -0.2) is 29.0 Å². The van der Waals surface area contributed by atoms with Gasteiger partial charge in [0.1, 0.15) is 6.33 Å². The van der Waals surface area contributed by atoms with Gasteiger partial charge in [-0.15, -0.1) is 0 Å². The molecule has 1 saturated heterocycles. The second kappa shape index (κ2) is 4.80. The summed E-state index contributed by atoms with van der Waals surface area (Å²) in [5.41, 5.74) is 9.77. The Bertz CT molecular complexity index is 481. The fourth-order valence-electron chi connectivity index (χ4n) is 1.94. The Morgan fingerprint density at radius 2 is 2.53 bits per heavy atom. The highest BCUT2D eigenvalue weighted by Gasteiger charge is 2.31. The van der Waals surface area contributed by atoms with E-state index in [0.717, 1.165) is 11.4 Å². The Morgan fingerprint density at radius 1 is 1.71 bits per heavy atom. The summed E-state index contributed by atoms with van der Waals surface area (Å²) >= 11 is 0. The Hall–Kier alpha value is -2.14. The summed E-state index contributed by atoms with van der Waals surface area (Å²) in [4.78, 5) is 24.2. The van der Waals surface area contributed by atoms with E-state index in [-0.39, 0.29) is 11.8 Å². The molecule has 1 aliphatic rings. The molecular formula is C10H12N6O. The fourth-order valence-corrected chi connectivity index (χ4v) is 1.94. The third-order valence-electron chi connectivity index (χ3n) is 2.78. The second-order valence-electron chi connectivity index (χ2n) is 3.98. The standard InChI is InChI=1S/C10H12N6O/c1-7-9(4-12-6-13-7)16-5-8(2-10(16)17)3-14-15-11/h4,6,8H,2-3,5H2,1H3. The molecule has 1 aromatic rings. The van der Waals surface area contributed by atoms with Gasteiger partial charge in [-0.1, -0.05) is 5.11 Å². The van der Waals surface area contributed by atoms with Crippen molar-refractivity contribution in [2.75, 3.05) is 18.0 Å². The summed E-state index contributed by atoms with van der Waals surface area (Å²) < 4.78 is 0. The van der Waals surface area contributed by atoms with Crippen LogP contribution in [0, 0.1) is 12.8 Å². The molecule has 1 amide bonds. The van der Waals surface area contributed by atoms with Gasteiger partial charge in [-0.3, -0.25) is 4.79 Å². The average molecular weight is 232 g/mol. The molecule has 7 nitrogen and oxygen atoms in total. The van der Waals surface area contributed by atoms with Gasteiger partial charge in [0.15, 0.2) is 0 Å². The van der Waals surface area contributed by atoms with E-state index in [9.17, 15) is 4.79 Å². The minimum atomic E-state index is 0.0287. The van der Waals surface area contributed by atoms with Crippen LogP contribution in [-0.2, 0) is 4.79 Å². The van der Waals surface area contributed by atoms with Crippen molar-refractivity contribution >= 4 is 11.6 Å². The lowest BCUT2D eigenvalue weighted by atomic mass is 10.1. The van der Waals surface area contributed by atoms with Gasteiger partial charge in [-0.2, -0.15) is 0 Å². The molecule has 0 aromatic carbocycles. The first-order chi connectivity index (χ1) is 8.22. The number of amides is 1. The van der Waals surface area contributed by atoms with Crippen molar-refractivity contribution < 1.29 is 4.79 Å². The van der Waals surface area contributed by atoms with E-state index in [1.165, 1.54) is 6.33 Å². The lowest BCUT2D eigenvalue weighted by Gasteiger charge is -2.17. The second-order valence-corrected chi connectivity index (χ2v) is 3.98. The fraction of sp³-hybridized carbons (Fsp3) is 0.500. The number of aromatic nitrogens is 2. The molecule has 0 N–H and O–H groups in total. The minimum Gasteiger partial charge on any atom is -0.309 e. The number of hydrogen-bond donors (Lipinski definition) is 0. The number of anilines is 1. The maximum atomic E-state index is 11.8. The van der Waals surface area contributed by atoms with Crippen molar-refractivity contribution in [3.63, 3.8) is 0 Å². The Balaban J connectivity index is 2.16. The van der Waals surface area contributed by atoms with Gasteiger partial charge in [0.05, 0.1) is 17.6 Å². The number of aryl methyl sites for hydroxylation is 1. The molecule has 1 aromatic heterocycles. The smallest absolute Gasteiger partial charge is 0.227 e. The molecule has 1 fully saturated rings. The third-order valence-corrected chi connectivity index (χ3v) is 2.78.